The van der Waals surface area contributed by atoms with Gasteiger partial charge in [0.15, 0.2) is 11.2 Å². The molecule has 0 aliphatic rings. The maximum absolute atomic E-state index is 15.9. The molecule has 4 unspecified atom stereocenters. The molecule has 0 aromatic heterocycles. The molecule has 0 radical (unpaired) electrons. The highest BCUT2D eigenvalue weighted by Crippen LogP contribution is 2.57. The Morgan fingerprint density at radius 3 is 1.61 bits per heavy atom. The lowest BCUT2D eigenvalue weighted by atomic mass is 9.56. The minimum absolute atomic E-state index is 0.144. The number of halogens is 14. The van der Waals surface area contributed by atoms with E-state index < -0.39 is 112 Å². The number of rotatable bonds is 14. The number of hydrogen-bond acceptors (Lipinski definition) is 4. The molecule has 18 heteroatoms. The van der Waals surface area contributed by atoms with Crippen molar-refractivity contribution in [3.63, 3.8) is 0 Å². The van der Waals surface area contributed by atoms with E-state index in [1.165, 1.54) is 18.2 Å². The second kappa shape index (κ2) is 17.1. The summed E-state index contributed by atoms with van der Waals surface area (Å²) in [6.45, 7) is 3.22. The van der Waals surface area contributed by atoms with E-state index in [0.29, 0.717) is 18.2 Å². The summed E-state index contributed by atoms with van der Waals surface area (Å²) in [5.74, 6) is -7.20. The van der Waals surface area contributed by atoms with Crippen LogP contribution in [0.5, 0.6) is 11.5 Å². The van der Waals surface area contributed by atoms with Crippen LogP contribution >= 0.6 is 31.9 Å². The third-order valence-electron chi connectivity index (χ3n) is 10.7. The van der Waals surface area contributed by atoms with Crippen molar-refractivity contribution in [2.75, 3.05) is 14.2 Å². The van der Waals surface area contributed by atoms with Gasteiger partial charge in [0.25, 0.3) is 0 Å². The maximum atomic E-state index is 15.9. The Morgan fingerprint density at radius 2 is 1.14 bits per heavy atom. The molecule has 0 fully saturated rings. The fourth-order valence-corrected chi connectivity index (χ4v) is 9.26. The summed E-state index contributed by atoms with van der Waals surface area (Å²) in [7, 11) is 2.14. The van der Waals surface area contributed by atoms with Gasteiger partial charge in [0.2, 0.25) is 0 Å². The van der Waals surface area contributed by atoms with Gasteiger partial charge in [-0.25, -0.2) is 13.2 Å². The van der Waals surface area contributed by atoms with E-state index in [4.69, 9.17) is 9.47 Å². The lowest BCUT2D eigenvalue weighted by molar-refractivity contribution is -0.291. The molecule has 0 saturated carbocycles. The molecule has 2 N–H and O–H groups in total. The quantitative estimate of drug-likeness (QED) is 0.124. The van der Waals surface area contributed by atoms with Crippen LogP contribution in [0.2, 0.25) is 0 Å². The van der Waals surface area contributed by atoms with Crippen molar-refractivity contribution in [2.24, 2.45) is 5.92 Å². The van der Waals surface area contributed by atoms with Crippen molar-refractivity contribution in [3.8, 4) is 11.5 Å². The maximum Gasteiger partial charge on any atom is 0.419 e. The van der Waals surface area contributed by atoms with Crippen molar-refractivity contribution in [1.82, 2.24) is 0 Å². The van der Waals surface area contributed by atoms with Crippen LogP contribution in [-0.4, -0.2) is 48.0 Å². The average molecular weight is 983 g/mol. The molecule has 0 aliphatic carbocycles. The molecule has 324 valence electrons. The van der Waals surface area contributed by atoms with Crippen LogP contribution in [0.3, 0.4) is 0 Å². The van der Waals surface area contributed by atoms with E-state index in [1.54, 1.807) is 0 Å². The van der Waals surface area contributed by atoms with Crippen molar-refractivity contribution in [2.45, 2.75) is 87.0 Å². The molecule has 0 heterocycles. The highest BCUT2D eigenvalue weighted by atomic mass is 79.9. The Kier molecular flexibility index (Phi) is 14.0. The van der Waals surface area contributed by atoms with E-state index in [1.807, 2.05) is 0 Å². The third kappa shape index (κ3) is 10.2. The Bertz CT molecular complexity index is 2120. The van der Waals surface area contributed by atoms with Gasteiger partial charge in [0.05, 0.1) is 19.8 Å². The third-order valence-corrected chi connectivity index (χ3v) is 11.6. The van der Waals surface area contributed by atoms with E-state index >= 15 is 39.5 Å². The van der Waals surface area contributed by atoms with Crippen LogP contribution in [0.25, 0.3) is 0 Å². The zero-order chi connectivity index (χ0) is 44.7. The first-order chi connectivity index (χ1) is 26.9. The van der Waals surface area contributed by atoms with Gasteiger partial charge < -0.3 is 19.7 Å². The van der Waals surface area contributed by atoms with Gasteiger partial charge in [-0.3, -0.25) is 0 Å². The van der Waals surface area contributed by atoms with Gasteiger partial charge in [-0.2, -0.15) is 39.5 Å². The molecular formula is C41H38Br2F12O4. The predicted octanol–water partition coefficient (Wildman–Crippen LogP) is 12.4. The fourth-order valence-electron chi connectivity index (χ4n) is 7.88. The summed E-state index contributed by atoms with van der Waals surface area (Å²) in [5, 5.41) is 24.1. The molecule has 0 amide bonds. The van der Waals surface area contributed by atoms with Gasteiger partial charge in [-0.05, 0) is 95.5 Å². The first-order valence-corrected chi connectivity index (χ1v) is 19.1. The molecule has 4 nitrogen and oxygen atoms in total. The Balaban J connectivity index is 2.13. The molecular weight excluding hydrogens is 944 g/mol. The number of aliphatic hydroxyl groups is 2. The van der Waals surface area contributed by atoms with Crippen LogP contribution < -0.4 is 9.47 Å². The molecule has 0 saturated heterocycles. The van der Waals surface area contributed by atoms with Crippen molar-refractivity contribution >= 4 is 31.9 Å². The number of ether oxygens (including phenoxy) is 2. The van der Waals surface area contributed by atoms with E-state index in [2.05, 4.69) is 31.9 Å². The Hall–Kier alpha value is -3.48. The van der Waals surface area contributed by atoms with Crippen LogP contribution in [-0.2, 0) is 29.8 Å². The van der Waals surface area contributed by atoms with Crippen molar-refractivity contribution in [3.05, 3.63) is 127 Å². The summed E-state index contributed by atoms with van der Waals surface area (Å²) in [6.07, 6.45) is -23.0. The van der Waals surface area contributed by atoms with E-state index in [9.17, 15) is 23.4 Å². The van der Waals surface area contributed by atoms with Gasteiger partial charge in [-0.15, -0.1) is 0 Å². The zero-order valence-electron chi connectivity index (χ0n) is 31.8. The smallest absolute Gasteiger partial charge is 0.419 e. The number of methoxy groups -OCH3 is 2. The molecule has 4 atom stereocenters. The minimum atomic E-state index is -5.84. The van der Waals surface area contributed by atoms with Gasteiger partial charge >= 0.3 is 18.5 Å². The topological polar surface area (TPSA) is 58.9 Å². The van der Waals surface area contributed by atoms with Crippen molar-refractivity contribution in [1.29, 1.82) is 0 Å². The molecule has 4 rings (SSSR count). The standard InChI is InChI=1S/C41H38Br2F12O4/c1-35(2,29-16-26(44)9-11-31(29)58-4)33(38(57,41(53,54)55)18-22-13-24(42)15-25(43)14-22)20-36(3,30-17-27(45)10-12-32(30)59-5)21-37(56,40(50,51)52)19-23-7-6-8-28(34(23)46)39(47,48)49/h6-17,33,56-57H,18-21H2,1-5H3. The van der Waals surface area contributed by atoms with Crippen LogP contribution in [0, 0.1) is 23.4 Å². The monoisotopic (exact) mass is 980 g/mol. The molecule has 4 aromatic rings. The van der Waals surface area contributed by atoms with Crippen LogP contribution in [0.1, 0.15) is 61.4 Å². The van der Waals surface area contributed by atoms with E-state index in [-0.39, 0.29) is 31.9 Å². The van der Waals surface area contributed by atoms with Crippen LogP contribution in [0.4, 0.5) is 52.7 Å². The first kappa shape index (κ1) is 48.2. The normalized spacial score (nSPS) is 16.5. The highest BCUT2D eigenvalue weighted by Gasteiger charge is 2.65. The molecule has 0 aliphatic heterocycles. The van der Waals surface area contributed by atoms with Crippen molar-refractivity contribution < 1.29 is 72.4 Å². The largest absolute Gasteiger partial charge is 0.496 e. The summed E-state index contributed by atoms with van der Waals surface area (Å²) >= 11 is 6.38. The number of benzene rings is 4. The fraction of sp³-hybridized carbons (Fsp3) is 0.415. The first-order valence-electron chi connectivity index (χ1n) is 17.5. The SMILES string of the molecule is COc1ccc(F)cc1C(C)(CC(C(C)(C)c1cc(F)ccc1OC)C(O)(Cc1cc(Br)cc(Br)c1)C(F)(F)F)CC(O)(Cc1cccc(C(F)(F)F)c1F)C(F)(F)F. The second-order valence-corrected chi connectivity index (χ2v) is 17.1. The molecule has 59 heavy (non-hydrogen) atoms. The minimum Gasteiger partial charge on any atom is -0.496 e. The highest BCUT2D eigenvalue weighted by molar-refractivity contribution is 9.11. The summed E-state index contributed by atoms with van der Waals surface area (Å²) in [6, 6.07) is 10.7. The number of hydrogen-bond donors (Lipinski definition) is 2. The average Bonchev–Trinajstić information content (AvgIpc) is 3.09. The van der Waals surface area contributed by atoms with Gasteiger partial charge in [0, 0.05) is 38.8 Å². The number of alkyl halides is 9. The van der Waals surface area contributed by atoms with E-state index in [0.717, 1.165) is 65.3 Å². The summed E-state index contributed by atoms with van der Waals surface area (Å²) in [4.78, 5) is 0. The Morgan fingerprint density at radius 1 is 0.627 bits per heavy atom. The Labute approximate surface area is 348 Å². The van der Waals surface area contributed by atoms with Crippen LogP contribution in [0.15, 0.2) is 81.7 Å². The summed E-state index contributed by atoms with van der Waals surface area (Å²) < 4.78 is 192. The predicted molar refractivity (Wildman–Crippen MR) is 202 cm³/mol. The van der Waals surface area contributed by atoms with Gasteiger partial charge in [0.1, 0.15) is 29.0 Å². The van der Waals surface area contributed by atoms with Gasteiger partial charge in [-0.1, -0.05) is 64.8 Å². The lowest BCUT2D eigenvalue weighted by Crippen LogP contribution is -2.60. The zero-order valence-corrected chi connectivity index (χ0v) is 35.0. The summed E-state index contributed by atoms with van der Waals surface area (Å²) in [5.41, 5.74) is -17.2. The second-order valence-electron chi connectivity index (χ2n) is 15.3. The molecule has 4 aromatic carbocycles. The lowest BCUT2D eigenvalue weighted by Gasteiger charge is -2.51. The molecule has 0 spiro atoms. The molecule has 0 bridgehead atoms.